The molecule has 3 aromatic rings. The fourth-order valence-electron chi connectivity index (χ4n) is 2.51. The Morgan fingerprint density at radius 2 is 2.08 bits per heavy atom. The summed E-state index contributed by atoms with van der Waals surface area (Å²) in [5.74, 6) is 1.75. The molecule has 0 amide bonds. The van der Waals surface area contributed by atoms with E-state index in [9.17, 15) is 5.11 Å². The summed E-state index contributed by atoms with van der Waals surface area (Å²) in [6, 6.07) is 10.1. The van der Waals surface area contributed by atoms with Crippen molar-refractivity contribution in [3.63, 3.8) is 0 Å². The zero-order valence-corrected chi connectivity index (χ0v) is 14.0. The molecule has 8 heteroatoms. The van der Waals surface area contributed by atoms with Gasteiger partial charge < -0.3 is 14.2 Å². The van der Waals surface area contributed by atoms with Crippen molar-refractivity contribution in [2.24, 2.45) is 0 Å². The molecule has 0 spiro atoms. The molecule has 1 aliphatic carbocycles. The predicted octanol–water partition coefficient (Wildman–Crippen LogP) is 3.01. The van der Waals surface area contributed by atoms with Crippen LogP contribution in [-0.2, 0) is 6.61 Å². The molecule has 0 aliphatic heterocycles. The van der Waals surface area contributed by atoms with E-state index < -0.39 is 0 Å². The minimum Gasteiger partial charge on any atom is -0.388 e. The predicted molar refractivity (Wildman–Crippen MR) is 88.2 cm³/mol. The first-order valence-corrected chi connectivity index (χ1v) is 8.74. The lowest BCUT2D eigenvalue weighted by Crippen LogP contribution is -2.03. The van der Waals surface area contributed by atoms with E-state index in [0.29, 0.717) is 23.6 Å². The summed E-state index contributed by atoms with van der Waals surface area (Å²) in [6.45, 7) is 1.90. The van der Waals surface area contributed by atoms with Crippen molar-refractivity contribution in [1.29, 1.82) is 0 Å². The molecular formula is C16H17N5O2S. The minimum atomic E-state index is -0.100. The zero-order valence-electron chi connectivity index (χ0n) is 13.2. The monoisotopic (exact) mass is 343 g/mol. The summed E-state index contributed by atoms with van der Waals surface area (Å²) in [5, 5.41) is 22.5. The third kappa shape index (κ3) is 2.94. The Bertz CT molecular complexity index is 828. The Hall–Kier alpha value is -2.19. The van der Waals surface area contributed by atoms with Gasteiger partial charge in [0.1, 0.15) is 6.61 Å². The van der Waals surface area contributed by atoms with Gasteiger partial charge in [0.25, 0.3) is 0 Å². The minimum absolute atomic E-state index is 0.0526. The quantitative estimate of drug-likeness (QED) is 0.688. The maximum absolute atomic E-state index is 9.42. The Morgan fingerprint density at radius 3 is 2.79 bits per heavy atom. The van der Waals surface area contributed by atoms with Gasteiger partial charge in [-0.1, -0.05) is 47.3 Å². The highest BCUT2D eigenvalue weighted by molar-refractivity contribution is 7.99. The van der Waals surface area contributed by atoms with Gasteiger partial charge in [-0.25, -0.2) is 0 Å². The molecule has 0 saturated heterocycles. The van der Waals surface area contributed by atoms with Crippen LogP contribution in [0.25, 0.3) is 11.4 Å². The van der Waals surface area contributed by atoms with Crippen LogP contribution in [0.2, 0.25) is 0 Å². The van der Waals surface area contributed by atoms with E-state index in [1.54, 1.807) is 0 Å². The fraction of sp³-hybridized carbons (Fsp3) is 0.375. The lowest BCUT2D eigenvalue weighted by molar-refractivity contribution is 0.263. The SMILES string of the molecule is CC(Sc1nnc(CO)n1C1CC1)c1nc(-c2ccccc2)no1. The topological polar surface area (TPSA) is 89.9 Å². The van der Waals surface area contributed by atoms with Gasteiger partial charge in [-0.2, -0.15) is 4.98 Å². The average molecular weight is 343 g/mol. The smallest absolute Gasteiger partial charge is 0.240 e. The molecule has 1 fully saturated rings. The second kappa shape index (κ2) is 6.37. The lowest BCUT2D eigenvalue weighted by Gasteiger charge is -2.09. The van der Waals surface area contributed by atoms with Crippen LogP contribution in [-0.4, -0.2) is 30.0 Å². The van der Waals surface area contributed by atoms with E-state index in [1.807, 2.05) is 41.8 Å². The molecule has 1 N–H and O–H groups in total. The largest absolute Gasteiger partial charge is 0.388 e. The van der Waals surface area contributed by atoms with Crippen LogP contribution in [0.15, 0.2) is 40.0 Å². The molecular weight excluding hydrogens is 326 g/mol. The molecule has 1 atom stereocenters. The summed E-state index contributed by atoms with van der Waals surface area (Å²) in [7, 11) is 0. The van der Waals surface area contributed by atoms with Crippen LogP contribution in [0, 0.1) is 0 Å². The van der Waals surface area contributed by atoms with Crippen LogP contribution >= 0.6 is 11.8 Å². The Labute approximate surface area is 143 Å². The van der Waals surface area contributed by atoms with Crippen molar-refractivity contribution >= 4 is 11.8 Å². The molecule has 2 aromatic heterocycles. The third-order valence-corrected chi connectivity index (χ3v) is 4.94. The first kappa shape index (κ1) is 15.3. The van der Waals surface area contributed by atoms with Crippen molar-refractivity contribution in [2.75, 3.05) is 0 Å². The summed E-state index contributed by atoms with van der Waals surface area (Å²) in [6.07, 6.45) is 2.21. The van der Waals surface area contributed by atoms with Crippen LogP contribution < -0.4 is 0 Å². The summed E-state index contributed by atoms with van der Waals surface area (Å²) in [5.41, 5.74) is 0.924. The number of benzene rings is 1. The Morgan fingerprint density at radius 1 is 1.29 bits per heavy atom. The van der Waals surface area contributed by atoms with Crippen molar-refractivity contribution in [1.82, 2.24) is 24.9 Å². The van der Waals surface area contributed by atoms with Gasteiger partial charge in [-0.3, -0.25) is 0 Å². The number of nitrogens with zero attached hydrogens (tertiary/aromatic N) is 5. The first-order valence-electron chi connectivity index (χ1n) is 7.86. The summed E-state index contributed by atoms with van der Waals surface area (Å²) < 4.78 is 7.44. The highest BCUT2D eigenvalue weighted by atomic mass is 32.2. The molecule has 7 nitrogen and oxygen atoms in total. The molecule has 1 unspecified atom stereocenters. The van der Waals surface area contributed by atoms with E-state index >= 15 is 0 Å². The van der Waals surface area contributed by atoms with E-state index in [-0.39, 0.29) is 11.9 Å². The highest BCUT2D eigenvalue weighted by Gasteiger charge is 2.30. The number of aromatic nitrogens is 5. The number of aliphatic hydroxyl groups is 1. The molecule has 124 valence electrons. The van der Waals surface area contributed by atoms with Gasteiger partial charge in [0.05, 0.1) is 5.25 Å². The molecule has 24 heavy (non-hydrogen) atoms. The van der Waals surface area contributed by atoms with Crippen LogP contribution in [0.3, 0.4) is 0 Å². The molecule has 4 rings (SSSR count). The van der Waals surface area contributed by atoms with Crippen molar-refractivity contribution in [3.05, 3.63) is 42.0 Å². The van der Waals surface area contributed by atoms with Gasteiger partial charge in [0.2, 0.25) is 11.7 Å². The van der Waals surface area contributed by atoms with E-state index in [0.717, 1.165) is 23.6 Å². The zero-order chi connectivity index (χ0) is 16.5. The third-order valence-electron chi connectivity index (χ3n) is 3.89. The van der Waals surface area contributed by atoms with E-state index in [2.05, 4.69) is 20.3 Å². The van der Waals surface area contributed by atoms with E-state index in [4.69, 9.17) is 4.52 Å². The normalized spacial score (nSPS) is 15.6. The summed E-state index contributed by atoms with van der Waals surface area (Å²) >= 11 is 1.52. The van der Waals surface area contributed by atoms with Crippen molar-refractivity contribution in [3.8, 4) is 11.4 Å². The van der Waals surface area contributed by atoms with Gasteiger partial charge in [-0.15, -0.1) is 10.2 Å². The van der Waals surface area contributed by atoms with Crippen LogP contribution in [0.5, 0.6) is 0 Å². The molecule has 0 bridgehead atoms. The number of aliphatic hydroxyl groups excluding tert-OH is 1. The van der Waals surface area contributed by atoms with Gasteiger partial charge in [-0.05, 0) is 19.8 Å². The maximum Gasteiger partial charge on any atom is 0.240 e. The highest BCUT2D eigenvalue weighted by Crippen LogP contribution is 2.41. The number of rotatable bonds is 6. The molecule has 1 aromatic carbocycles. The standard InChI is InChI=1S/C16H17N5O2S/c1-10(15-17-14(20-23-15)11-5-3-2-4-6-11)24-16-19-18-13(9-22)21(16)12-7-8-12/h2-6,10,12,22H,7-9H2,1H3. The molecule has 2 heterocycles. The molecule has 1 saturated carbocycles. The summed E-state index contributed by atoms with van der Waals surface area (Å²) in [4.78, 5) is 4.49. The van der Waals surface area contributed by atoms with Crippen LogP contribution in [0.1, 0.15) is 42.8 Å². The number of hydrogen-bond acceptors (Lipinski definition) is 7. The van der Waals surface area contributed by atoms with Gasteiger partial charge in [0, 0.05) is 11.6 Å². The first-order chi connectivity index (χ1) is 11.8. The lowest BCUT2D eigenvalue weighted by atomic mass is 10.2. The Kier molecular flexibility index (Phi) is 4.07. The molecule has 1 aliphatic rings. The van der Waals surface area contributed by atoms with E-state index in [1.165, 1.54) is 11.8 Å². The number of hydrogen-bond donors (Lipinski definition) is 1. The van der Waals surface area contributed by atoms with Gasteiger partial charge >= 0.3 is 0 Å². The number of thioether (sulfide) groups is 1. The van der Waals surface area contributed by atoms with Gasteiger partial charge in [0.15, 0.2) is 11.0 Å². The van der Waals surface area contributed by atoms with Crippen molar-refractivity contribution in [2.45, 2.75) is 42.8 Å². The average Bonchev–Trinajstić information content (AvgIpc) is 3.18. The second-order valence-electron chi connectivity index (χ2n) is 5.74. The van der Waals surface area contributed by atoms with Crippen molar-refractivity contribution < 1.29 is 9.63 Å². The Balaban J connectivity index is 1.54. The maximum atomic E-state index is 9.42. The van der Waals surface area contributed by atoms with Crippen LogP contribution in [0.4, 0.5) is 0 Å². The second-order valence-corrected chi connectivity index (χ2v) is 7.05. The fourth-order valence-corrected chi connectivity index (χ4v) is 3.48. The molecule has 0 radical (unpaired) electrons.